The summed E-state index contributed by atoms with van der Waals surface area (Å²) in [6, 6.07) is 5.25. The second-order valence-corrected chi connectivity index (χ2v) is 4.64. The minimum atomic E-state index is -0.00765. The van der Waals surface area contributed by atoms with Crippen LogP contribution in [0.2, 0.25) is 0 Å². The molecule has 2 nitrogen and oxygen atoms in total. The Bertz CT molecular complexity index is 452. The molecule has 0 aromatic carbocycles. The molecule has 0 bridgehead atoms. The number of nitrogens with zero attached hydrogens (tertiary/aromatic N) is 1. The van der Waals surface area contributed by atoms with Gasteiger partial charge in [0.2, 0.25) is 0 Å². The van der Waals surface area contributed by atoms with Crippen LogP contribution < -0.4 is 5.56 Å². The lowest BCUT2D eigenvalue weighted by molar-refractivity contribution is 0.569. The minimum absolute atomic E-state index is 0.00765. The van der Waals surface area contributed by atoms with E-state index in [1.165, 1.54) is 0 Å². The molecule has 0 unspecified atom stereocenters. The highest BCUT2D eigenvalue weighted by molar-refractivity contribution is 5.11. The summed E-state index contributed by atoms with van der Waals surface area (Å²) >= 11 is 0. The Hall–Kier alpha value is -1.49. The highest BCUT2D eigenvalue weighted by atomic mass is 16.1. The second kappa shape index (κ2) is 4.35. The molecule has 0 saturated carbocycles. The van der Waals surface area contributed by atoms with Crippen molar-refractivity contribution in [3.05, 3.63) is 34.2 Å². The smallest absolute Gasteiger partial charge is 0.251 e. The molecule has 1 heterocycles. The fourth-order valence-electron chi connectivity index (χ4n) is 1.21. The van der Waals surface area contributed by atoms with Crippen molar-refractivity contribution >= 4 is 0 Å². The predicted octanol–water partition coefficient (Wildman–Crippen LogP) is 2.21. The van der Waals surface area contributed by atoms with E-state index in [-0.39, 0.29) is 11.0 Å². The Morgan fingerprint density at radius 2 is 2.00 bits per heavy atom. The molecule has 1 aromatic heterocycles. The first-order valence-corrected chi connectivity index (χ1v) is 5.07. The molecule has 2 heteroatoms. The Morgan fingerprint density at radius 1 is 1.33 bits per heavy atom. The number of hydrogen-bond acceptors (Lipinski definition) is 1. The summed E-state index contributed by atoms with van der Waals surface area (Å²) in [6.07, 6.45) is 0. The molecule has 1 rings (SSSR count). The average Bonchev–Trinajstić information content (AvgIpc) is 2.08. The minimum Gasteiger partial charge on any atom is -0.301 e. The van der Waals surface area contributed by atoms with Crippen LogP contribution in [0.15, 0.2) is 23.0 Å². The van der Waals surface area contributed by atoms with Gasteiger partial charge in [0.25, 0.3) is 5.56 Å². The van der Waals surface area contributed by atoms with Crippen LogP contribution in [0.5, 0.6) is 0 Å². The largest absolute Gasteiger partial charge is 0.301 e. The summed E-state index contributed by atoms with van der Waals surface area (Å²) in [6.45, 7) is 8.56. The van der Waals surface area contributed by atoms with E-state index in [1.807, 2.05) is 13.0 Å². The van der Waals surface area contributed by atoms with Gasteiger partial charge >= 0.3 is 0 Å². The van der Waals surface area contributed by atoms with Crippen molar-refractivity contribution in [3.8, 4) is 11.8 Å². The van der Waals surface area contributed by atoms with E-state index < -0.39 is 0 Å². The number of pyridine rings is 1. The summed E-state index contributed by atoms with van der Waals surface area (Å²) < 4.78 is 1.68. The van der Waals surface area contributed by atoms with E-state index in [9.17, 15) is 4.79 Å². The van der Waals surface area contributed by atoms with Crippen LogP contribution >= 0.6 is 0 Å². The molecule has 0 radical (unpaired) electrons. The maximum absolute atomic E-state index is 11.5. The van der Waals surface area contributed by atoms with Gasteiger partial charge in [0, 0.05) is 17.2 Å². The predicted molar refractivity (Wildman–Crippen MR) is 62.7 cm³/mol. The summed E-state index contributed by atoms with van der Waals surface area (Å²) in [5, 5.41) is 0. The first-order chi connectivity index (χ1) is 6.90. The van der Waals surface area contributed by atoms with Crippen LogP contribution in [0.4, 0.5) is 0 Å². The maximum atomic E-state index is 11.5. The van der Waals surface area contributed by atoms with Crippen LogP contribution in [-0.2, 0) is 6.54 Å². The van der Waals surface area contributed by atoms with Crippen molar-refractivity contribution in [3.63, 3.8) is 0 Å². The quantitative estimate of drug-likeness (QED) is 0.641. The van der Waals surface area contributed by atoms with Gasteiger partial charge in [0.15, 0.2) is 0 Å². The standard InChI is InChI=1S/C13H17NO/c1-11-7-5-8-12(15)14(11)10-6-9-13(2,3)4/h5,7-8H,10H2,1-4H3. The molecule has 15 heavy (non-hydrogen) atoms. The summed E-state index contributed by atoms with van der Waals surface area (Å²) in [5.74, 6) is 6.15. The lowest BCUT2D eigenvalue weighted by Gasteiger charge is -2.08. The zero-order chi connectivity index (χ0) is 11.5. The van der Waals surface area contributed by atoms with Gasteiger partial charge in [-0.15, -0.1) is 0 Å². The SMILES string of the molecule is Cc1cccc(=O)n1CC#CC(C)(C)C. The fourth-order valence-corrected chi connectivity index (χ4v) is 1.21. The number of rotatable bonds is 1. The molecular weight excluding hydrogens is 186 g/mol. The van der Waals surface area contributed by atoms with Crippen LogP contribution in [-0.4, -0.2) is 4.57 Å². The van der Waals surface area contributed by atoms with E-state index in [0.29, 0.717) is 6.54 Å². The van der Waals surface area contributed by atoms with Crippen LogP contribution in [0.3, 0.4) is 0 Å². The van der Waals surface area contributed by atoms with E-state index in [1.54, 1.807) is 16.7 Å². The van der Waals surface area contributed by atoms with Crippen LogP contribution in [0.25, 0.3) is 0 Å². The number of aryl methyl sites for hydroxylation is 1. The van der Waals surface area contributed by atoms with Crippen molar-refractivity contribution in [1.29, 1.82) is 0 Å². The number of hydrogen-bond donors (Lipinski definition) is 0. The Labute approximate surface area is 90.9 Å². The van der Waals surface area contributed by atoms with Crippen molar-refractivity contribution in [1.82, 2.24) is 4.57 Å². The van der Waals surface area contributed by atoms with Gasteiger partial charge in [-0.1, -0.05) is 17.9 Å². The zero-order valence-corrected chi connectivity index (χ0v) is 9.79. The molecule has 0 aliphatic heterocycles. The number of aromatic nitrogens is 1. The van der Waals surface area contributed by atoms with Crippen molar-refractivity contribution in [2.75, 3.05) is 0 Å². The molecular formula is C13H17NO. The molecule has 0 aliphatic rings. The van der Waals surface area contributed by atoms with Gasteiger partial charge in [-0.2, -0.15) is 0 Å². The topological polar surface area (TPSA) is 22.0 Å². The van der Waals surface area contributed by atoms with Gasteiger partial charge in [0.1, 0.15) is 0 Å². The molecule has 80 valence electrons. The molecule has 0 N–H and O–H groups in total. The lowest BCUT2D eigenvalue weighted by atomic mass is 9.98. The van der Waals surface area contributed by atoms with Gasteiger partial charge in [0.05, 0.1) is 6.54 Å². The third-order valence-corrected chi connectivity index (χ3v) is 1.97. The maximum Gasteiger partial charge on any atom is 0.251 e. The first kappa shape index (κ1) is 11.6. The highest BCUT2D eigenvalue weighted by Crippen LogP contribution is 2.09. The van der Waals surface area contributed by atoms with Crippen molar-refractivity contribution < 1.29 is 0 Å². The Kier molecular flexibility index (Phi) is 3.36. The molecule has 0 fully saturated rings. The van der Waals surface area contributed by atoms with Gasteiger partial charge in [-0.3, -0.25) is 4.79 Å². The van der Waals surface area contributed by atoms with E-state index >= 15 is 0 Å². The normalized spacial score (nSPS) is 10.7. The molecule has 1 aromatic rings. The molecule has 0 atom stereocenters. The molecule has 0 aliphatic carbocycles. The van der Waals surface area contributed by atoms with Gasteiger partial charge in [-0.25, -0.2) is 0 Å². The third kappa shape index (κ3) is 3.63. The Morgan fingerprint density at radius 3 is 2.53 bits per heavy atom. The monoisotopic (exact) mass is 203 g/mol. The highest BCUT2D eigenvalue weighted by Gasteiger charge is 2.03. The van der Waals surface area contributed by atoms with E-state index in [0.717, 1.165) is 5.69 Å². The summed E-state index contributed by atoms with van der Waals surface area (Å²) in [7, 11) is 0. The van der Waals surface area contributed by atoms with Crippen LogP contribution in [0, 0.1) is 24.2 Å². The summed E-state index contributed by atoms with van der Waals surface area (Å²) in [4.78, 5) is 11.5. The van der Waals surface area contributed by atoms with Crippen molar-refractivity contribution in [2.45, 2.75) is 34.2 Å². The van der Waals surface area contributed by atoms with E-state index in [4.69, 9.17) is 0 Å². The molecule has 0 spiro atoms. The Balaban J connectivity index is 2.90. The molecule has 0 amide bonds. The van der Waals surface area contributed by atoms with Gasteiger partial charge < -0.3 is 4.57 Å². The average molecular weight is 203 g/mol. The second-order valence-electron chi connectivity index (χ2n) is 4.64. The van der Waals surface area contributed by atoms with Crippen LogP contribution in [0.1, 0.15) is 26.5 Å². The van der Waals surface area contributed by atoms with Crippen molar-refractivity contribution in [2.24, 2.45) is 5.41 Å². The first-order valence-electron chi connectivity index (χ1n) is 5.07. The van der Waals surface area contributed by atoms with Gasteiger partial charge in [-0.05, 0) is 33.8 Å². The zero-order valence-electron chi connectivity index (χ0n) is 9.79. The van der Waals surface area contributed by atoms with E-state index in [2.05, 4.69) is 32.6 Å². The lowest BCUT2D eigenvalue weighted by Crippen LogP contribution is -2.20. The summed E-state index contributed by atoms with van der Waals surface area (Å²) in [5.41, 5.74) is 0.954. The third-order valence-electron chi connectivity index (χ3n) is 1.97. The fraction of sp³-hybridized carbons (Fsp3) is 0.462. The molecule has 0 saturated heterocycles.